The summed E-state index contributed by atoms with van der Waals surface area (Å²) in [5.41, 5.74) is 1.61. The van der Waals surface area contributed by atoms with E-state index in [1.54, 1.807) is 12.3 Å². The summed E-state index contributed by atoms with van der Waals surface area (Å²) in [6.45, 7) is 0. The molecule has 24 heavy (non-hydrogen) atoms. The first-order valence-corrected chi connectivity index (χ1v) is 9.30. The number of aromatic nitrogens is 1. The smallest absolute Gasteiger partial charge is 0.257 e. The van der Waals surface area contributed by atoms with Gasteiger partial charge in [0, 0.05) is 10.5 Å². The highest BCUT2D eigenvalue weighted by molar-refractivity contribution is 9.10. The Morgan fingerprint density at radius 2 is 1.79 bits per heavy atom. The summed E-state index contributed by atoms with van der Waals surface area (Å²) in [5, 5.41) is 6.39. The molecule has 1 aromatic heterocycles. The van der Waals surface area contributed by atoms with Gasteiger partial charge >= 0.3 is 0 Å². The molecule has 1 heterocycles. The lowest BCUT2D eigenvalue weighted by atomic mass is 10.1. The summed E-state index contributed by atoms with van der Waals surface area (Å²) >= 11 is 3.39. The normalized spacial score (nSPS) is 15.5. The number of carbonyl (C=O) groups is 1. The molecule has 5 heteroatoms. The van der Waals surface area contributed by atoms with Gasteiger partial charge in [0.15, 0.2) is 0 Å². The number of pyridine rings is 1. The zero-order valence-electron chi connectivity index (χ0n) is 13.6. The van der Waals surface area contributed by atoms with E-state index in [-0.39, 0.29) is 5.91 Å². The second-order valence-corrected chi connectivity index (χ2v) is 7.05. The molecule has 2 N–H and O–H groups in total. The van der Waals surface area contributed by atoms with Gasteiger partial charge in [0.1, 0.15) is 5.82 Å². The maximum absolute atomic E-state index is 12.3. The fraction of sp³-hybridized carbons (Fsp3) is 0.368. The Kier molecular flexibility index (Phi) is 5.86. The number of carbonyl (C=O) groups excluding carboxylic acids is 1. The third-order valence-electron chi connectivity index (χ3n) is 4.35. The molecule has 4 nitrogen and oxygen atoms in total. The molecule has 2 aromatic rings. The van der Waals surface area contributed by atoms with Crippen LogP contribution in [0.15, 0.2) is 47.1 Å². The monoisotopic (exact) mass is 387 g/mol. The molecule has 0 unspecified atom stereocenters. The van der Waals surface area contributed by atoms with Gasteiger partial charge in [-0.1, -0.05) is 37.8 Å². The molecule has 126 valence electrons. The molecule has 0 radical (unpaired) electrons. The van der Waals surface area contributed by atoms with Crippen LogP contribution < -0.4 is 10.6 Å². The third kappa shape index (κ3) is 4.57. The molecule has 1 aliphatic carbocycles. The Labute approximate surface area is 151 Å². The van der Waals surface area contributed by atoms with Crippen LogP contribution in [0.5, 0.6) is 0 Å². The maximum atomic E-state index is 12.3. The van der Waals surface area contributed by atoms with Crippen LogP contribution in [0.4, 0.5) is 11.5 Å². The molecular formula is C19H22BrN3O. The number of hydrogen-bond acceptors (Lipinski definition) is 3. The standard InChI is InChI=1S/C19H22BrN3O/c20-17-10-6-5-9-16(17)19(24)23-18-12-11-15(13-21-18)22-14-7-3-1-2-4-8-14/h5-6,9-14,22H,1-4,7-8H2,(H,21,23,24). The zero-order valence-corrected chi connectivity index (χ0v) is 15.2. The van der Waals surface area contributed by atoms with E-state index < -0.39 is 0 Å². The van der Waals surface area contributed by atoms with Crippen molar-refractivity contribution in [1.29, 1.82) is 0 Å². The molecule has 0 atom stereocenters. The van der Waals surface area contributed by atoms with Crippen LogP contribution in [0.1, 0.15) is 48.9 Å². The van der Waals surface area contributed by atoms with E-state index in [9.17, 15) is 4.79 Å². The number of rotatable bonds is 4. The lowest BCUT2D eigenvalue weighted by Gasteiger charge is -2.17. The summed E-state index contributed by atoms with van der Waals surface area (Å²) in [7, 11) is 0. The Morgan fingerprint density at radius 3 is 2.46 bits per heavy atom. The number of nitrogens with one attached hydrogen (secondary N) is 2. The molecule has 0 spiro atoms. The zero-order chi connectivity index (χ0) is 16.8. The van der Waals surface area contributed by atoms with Gasteiger partial charge in [-0.3, -0.25) is 4.79 Å². The first-order valence-electron chi connectivity index (χ1n) is 8.51. The minimum Gasteiger partial charge on any atom is -0.381 e. The van der Waals surface area contributed by atoms with Gasteiger partial charge in [-0.25, -0.2) is 4.98 Å². The SMILES string of the molecule is O=C(Nc1ccc(NC2CCCCCC2)cn1)c1ccccc1Br. The minimum atomic E-state index is -0.167. The van der Waals surface area contributed by atoms with Crippen molar-refractivity contribution in [2.24, 2.45) is 0 Å². The highest BCUT2D eigenvalue weighted by Gasteiger charge is 2.13. The third-order valence-corrected chi connectivity index (χ3v) is 5.04. The minimum absolute atomic E-state index is 0.167. The quantitative estimate of drug-likeness (QED) is 0.705. The van der Waals surface area contributed by atoms with Crippen molar-refractivity contribution < 1.29 is 4.79 Å². The summed E-state index contributed by atoms with van der Waals surface area (Å²) in [4.78, 5) is 16.6. The molecule has 1 aromatic carbocycles. The van der Waals surface area contributed by atoms with Crippen LogP contribution in [0, 0.1) is 0 Å². The predicted octanol–water partition coefficient (Wildman–Crippen LogP) is 5.23. The van der Waals surface area contributed by atoms with Crippen LogP contribution in [0.25, 0.3) is 0 Å². The van der Waals surface area contributed by atoms with Crippen molar-refractivity contribution >= 4 is 33.3 Å². The molecule has 0 saturated heterocycles. The maximum Gasteiger partial charge on any atom is 0.257 e. The van der Waals surface area contributed by atoms with Crippen LogP contribution in [-0.2, 0) is 0 Å². The molecule has 1 fully saturated rings. The number of nitrogens with zero attached hydrogens (tertiary/aromatic N) is 1. The van der Waals surface area contributed by atoms with E-state index in [2.05, 4.69) is 31.5 Å². The number of halogens is 1. The molecule has 1 amide bonds. The van der Waals surface area contributed by atoms with Crippen molar-refractivity contribution in [3.63, 3.8) is 0 Å². The van der Waals surface area contributed by atoms with E-state index in [1.807, 2.05) is 30.3 Å². The number of anilines is 2. The van der Waals surface area contributed by atoms with E-state index in [0.29, 0.717) is 17.4 Å². The summed E-state index contributed by atoms with van der Waals surface area (Å²) in [6, 6.07) is 11.7. The van der Waals surface area contributed by atoms with E-state index in [0.717, 1.165) is 10.2 Å². The van der Waals surface area contributed by atoms with Crippen molar-refractivity contribution in [3.05, 3.63) is 52.6 Å². The lowest BCUT2D eigenvalue weighted by molar-refractivity contribution is 0.102. The average Bonchev–Trinajstić information content (AvgIpc) is 2.86. The Morgan fingerprint density at radius 1 is 1.04 bits per heavy atom. The molecule has 1 saturated carbocycles. The Balaban J connectivity index is 1.60. The topological polar surface area (TPSA) is 54.0 Å². The van der Waals surface area contributed by atoms with Gasteiger partial charge < -0.3 is 10.6 Å². The van der Waals surface area contributed by atoms with Gasteiger partial charge in [-0.05, 0) is 53.0 Å². The van der Waals surface area contributed by atoms with Crippen molar-refractivity contribution in [1.82, 2.24) is 4.98 Å². The lowest BCUT2D eigenvalue weighted by Crippen LogP contribution is -2.18. The molecule has 0 aliphatic heterocycles. The largest absolute Gasteiger partial charge is 0.381 e. The van der Waals surface area contributed by atoms with Crippen LogP contribution in [0.2, 0.25) is 0 Å². The van der Waals surface area contributed by atoms with Crippen LogP contribution in [-0.4, -0.2) is 16.9 Å². The van der Waals surface area contributed by atoms with Gasteiger partial charge in [-0.15, -0.1) is 0 Å². The average molecular weight is 388 g/mol. The number of benzene rings is 1. The molecule has 1 aliphatic rings. The summed E-state index contributed by atoms with van der Waals surface area (Å²) < 4.78 is 0.772. The van der Waals surface area contributed by atoms with Gasteiger partial charge in [0.05, 0.1) is 17.4 Å². The van der Waals surface area contributed by atoms with Crippen LogP contribution >= 0.6 is 15.9 Å². The molecule has 3 rings (SSSR count). The van der Waals surface area contributed by atoms with Crippen LogP contribution in [0.3, 0.4) is 0 Å². The first-order chi connectivity index (χ1) is 11.7. The van der Waals surface area contributed by atoms with Gasteiger partial charge in [0.25, 0.3) is 5.91 Å². The van der Waals surface area contributed by atoms with Gasteiger partial charge in [-0.2, -0.15) is 0 Å². The highest BCUT2D eigenvalue weighted by Crippen LogP contribution is 2.22. The van der Waals surface area contributed by atoms with E-state index in [4.69, 9.17) is 0 Å². The summed E-state index contributed by atoms with van der Waals surface area (Å²) in [6.07, 6.45) is 9.52. The summed E-state index contributed by atoms with van der Waals surface area (Å²) in [5.74, 6) is 0.390. The number of hydrogen-bond donors (Lipinski definition) is 2. The van der Waals surface area contributed by atoms with Crippen molar-refractivity contribution in [2.75, 3.05) is 10.6 Å². The molecular weight excluding hydrogens is 366 g/mol. The fourth-order valence-electron chi connectivity index (χ4n) is 3.04. The molecule has 0 bridgehead atoms. The van der Waals surface area contributed by atoms with E-state index >= 15 is 0 Å². The Hall–Kier alpha value is -1.88. The number of amides is 1. The second kappa shape index (κ2) is 8.29. The Bertz CT molecular complexity index is 679. The van der Waals surface area contributed by atoms with Gasteiger partial charge in [0.2, 0.25) is 0 Å². The second-order valence-electron chi connectivity index (χ2n) is 6.20. The van der Waals surface area contributed by atoms with Crippen molar-refractivity contribution in [2.45, 2.75) is 44.6 Å². The first kappa shape index (κ1) is 17.0. The highest BCUT2D eigenvalue weighted by atomic mass is 79.9. The predicted molar refractivity (Wildman–Crippen MR) is 101 cm³/mol. The van der Waals surface area contributed by atoms with Crippen molar-refractivity contribution in [3.8, 4) is 0 Å². The fourth-order valence-corrected chi connectivity index (χ4v) is 3.51. The van der Waals surface area contributed by atoms with E-state index in [1.165, 1.54) is 38.5 Å².